The van der Waals surface area contributed by atoms with E-state index >= 15 is 0 Å². The predicted octanol–water partition coefficient (Wildman–Crippen LogP) is 3.02. The van der Waals surface area contributed by atoms with Crippen molar-refractivity contribution in [1.29, 1.82) is 0 Å². The number of hydrogen-bond acceptors (Lipinski definition) is 6. The zero-order chi connectivity index (χ0) is 20.8. The summed E-state index contributed by atoms with van der Waals surface area (Å²) in [4.78, 5) is 24.4. The highest BCUT2D eigenvalue weighted by atomic mass is 32.1. The molecular weight excluding hydrogens is 396 g/mol. The van der Waals surface area contributed by atoms with Crippen LogP contribution in [0.1, 0.15) is 6.92 Å². The van der Waals surface area contributed by atoms with E-state index in [0.29, 0.717) is 47.7 Å². The van der Waals surface area contributed by atoms with Crippen LogP contribution >= 0.6 is 12.2 Å². The molecule has 2 N–H and O–H groups in total. The van der Waals surface area contributed by atoms with E-state index in [2.05, 4.69) is 10.6 Å². The zero-order valence-corrected chi connectivity index (χ0v) is 16.5. The van der Waals surface area contributed by atoms with Crippen LogP contribution in [0.2, 0.25) is 0 Å². The second-order valence-electron chi connectivity index (χ2n) is 6.15. The number of non-ortho nitro benzene ring substituents is 1. The Morgan fingerprint density at radius 3 is 2.41 bits per heavy atom. The lowest BCUT2D eigenvalue weighted by Crippen LogP contribution is -2.40. The average molecular weight is 416 g/mol. The molecule has 0 unspecified atom stereocenters. The number of carbonyl (C=O) groups excluding carboxylic acids is 1. The van der Waals surface area contributed by atoms with E-state index in [1.54, 1.807) is 35.2 Å². The van der Waals surface area contributed by atoms with Gasteiger partial charge >= 0.3 is 0 Å². The van der Waals surface area contributed by atoms with Crippen LogP contribution in [0.25, 0.3) is 0 Å². The number of amides is 1. The molecule has 0 bridgehead atoms. The fraction of sp³-hybridized carbons (Fsp3) is 0.263. The van der Waals surface area contributed by atoms with E-state index in [0.717, 1.165) is 0 Å². The highest BCUT2D eigenvalue weighted by Gasteiger charge is 2.16. The Balaban J connectivity index is 1.57. The van der Waals surface area contributed by atoms with Crippen molar-refractivity contribution in [3.8, 4) is 11.5 Å². The number of likely N-dealkylation sites (N-methyl/N-ethyl adjacent to an activating group) is 1. The number of rotatable bonds is 6. The molecule has 0 saturated heterocycles. The summed E-state index contributed by atoms with van der Waals surface area (Å²) < 4.78 is 11.0. The number of benzene rings is 2. The maximum Gasteiger partial charge on any atom is 0.269 e. The van der Waals surface area contributed by atoms with E-state index in [1.807, 2.05) is 6.92 Å². The Morgan fingerprint density at radius 2 is 1.76 bits per heavy atom. The van der Waals surface area contributed by atoms with Crippen molar-refractivity contribution in [3.63, 3.8) is 0 Å². The minimum atomic E-state index is -0.470. The zero-order valence-electron chi connectivity index (χ0n) is 15.7. The summed E-state index contributed by atoms with van der Waals surface area (Å²) in [6, 6.07) is 11.1. The first-order chi connectivity index (χ1) is 14.0. The molecule has 10 heteroatoms. The molecule has 0 saturated carbocycles. The molecule has 0 radical (unpaired) electrons. The minimum absolute atomic E-state index is 0.00683. The fourth-order valence-electron chi connectivity index (χ4n) is 2.69. The number of nitro benzene ring substituents is 1. The van der Waals surface area contributed by atoms with Gasteiger partial charge in [0.05, 0.1) is 11.5 Å². The van der Waals surface area contributed by atoms with Gasteiger partial charge in [0.1, 0.15) is 13.2 Å². The van der Waals surface area contributed by atoms with Gasteiger partial charge in [-0.25, -0.2) is 0 Å². The lowest BCUT2D eigenvalue weighted by atomic mass is 10.2. The average Bonchev–Trinajstić information content (AvgIpc) is 2.72. The summed E-state index contributed by atoms with van der Waals surface area (Å²) in [7, 11) is 0. The standard InChI is InChI=1S/C19H20N4O5S/c1-2-22(19(29)21-13-3-6-15(7-4-13)23(25)26)12-18(24)20-14-5-8-16-17(11-14)28-10-9-27-16/h3-8,11H,2,9-10,12H2,1H3,(H,20,24)(H,21,29). The highest BCUT2D eigenvalue weighted by molar-refractivity contribution is 7.80. The Morgan fingerprint density at radius 1 is 1.10 bits per heavy atom. The monoisotopic (exact) mass is 416 g/mol. The first-order valence-corrected chi connectivity index (χ1v) is 9.37. The summed E-state index contributed by atoms with van der Waals surface area (Å²) in [6.45, 7) is 3.40. The maximum atomic E-state index is 12.4. The molecule has 2 aromatic rings. The van der Waals surface area contributed by atoms with Gasteiger partial charge in [0, 0.05) is 36.1 Å². The summed E-state index contributed by atoms with van der Waals surface area (Å²) in [5.41, 5.74) is 1.20. The molecule has 1 aliphatic heterocycles. The number of ether oxygens (including phenoxy) is 2. The van der Waals surface area contributed by atoms with E-state index in [4.69, 9.17) is 21.7 Å². The molecule has 3 rings (SSSR count). The topological polar surface area (TPSA) is 106 Å². The molecule has 0 fully saturated rings. The number of nitrogens with one attached hydrogen (secondary N) is 2. The lowest BCUT2D eigenvalue weighted by molar-refractivity contribution is -0.384. The molecule has 29 heavy (non-hydrogen) atoms. The number of nitrogens with zero attached hydrogens (tertiary/aromatic N) is 2. The Hall–Kier alpha value is -3.40. The van der Waals surface area contributed by atoms with Gasteiger partial charge in [-0.2, -0.15) is 0 Å². The quantitative estimate of drug-likeness (QED) is 0.421. The van der Waals surface area contributed by atoms with E-state index in [1.165, 1.54) is 12.1 Å². The lowest BCUT2D eigenvalue weighted by Gasteiger charge is -2.24. The van der Waals surface area contributed by atoms with Gasteiger partial charge in [0.25, 0.3) is 5.69 Å². The summed E-state index contributed by atoms with van der Waals surface area (Å²) >= 11 is 5.37. The molecule has 0 spiro atoms. The molecule has 9 nitrogen and oxygen atoms in total. The van der Waals surface area contributed by atoms with Crippen molar-refractivity contribution in [3.05, 3.63) is 52.6 Å². The second kappa shape index (κ2) is 9.20. The van der Waals surface area contributed by atoms with Crippen molar-refractivity contribution >= 4 is 40.3 Å². The smallest absolute Gasteiger partial charge is 0.269 e. The molecule has 1 heterocycles. The van der Waals surface area contributed by atoms with Crippen LogP contribution in [0.4, 0.5) is 17.1 Å². The SMILES string of the molecule is CCN(CC(=O)Nc1ccc2c(c1)OCCO2)C(=S)Nc1ccc([N+](=O)[O-])cc1. The third-order valence-electron chi connectivity index (χ3n) is 4.16. The molecular formula is C19H20N4O5S. The summed E-state index contributed by atoms with van der Waals surface area (Å²) in [5, 5.41) is 16.9. The van der Waals surface area contributed by atoms with Gasteiger partial charge in [-0.3, -0.25) is 14.9 Å². The second-order valence-corrected chi connectivity index (χ2v) is 6.54. The first kappa shape index (κ1) is 20.3. The number of nitro groups is 1. The highest BCUT2D eigenvalue weighted by Crippen LogP contribution is 2.32. The van der Waals surface area contributed by atoms with Gasteiger partial charge in [-0.05, 0) is 43.4 Å². The van der Waals surface area contributed by atoms with Crippen LogP contribution in [0.15, 0.2) is 42.5 Å². The number of thiocarbonyl (C=S) groups is 1. The number of carbonyl (C=O) groups is 1. The van der Waals surface area contributed by atoms with Gasteiger partial charge in [0.2, 0.25) is 5.91 Å². The van der Waals surface area contributed by atoms with E-state index < -0.39 is 4.92 Å². The van der Waals surface area contributed by atoms with Crippen LogP contribution in [-0.2, 0) is 4.79 Å². The van der Waals surface area contributed by atoms with Gasteiger partial charge in [-0.1, -0.05) is 0 Å². The van der Waals surface area contributed by atoms with Gasteiger partial charge in [-0.15, -0.1) is 0 Å². The van der Waals surface area contributed by atoms with Crippen LogP contribution in [0.5, 0.6) is 11.5 Å². The third kappa shape index (κ3) is 5.32. The fourth-order valence-corrected chi connectivity index (χ4v) is 3.00. The van der Waals surface area contributed by atoms with Crippen molar-refractivity contribution in [2.24, 2.45) is 0 Å². The van der Waals surface area contributed by atoms with Gasteiger partial charge in [0.15, 0.2) is 16.6 Å². The number of anilines is 2. The van der Waals surface area contributed by atoms with Crippen LogP contribution < -0.4 is 20.1 Å². The maximum absolute atomic E-state index is 12.4. The van der Waals surface area contributed by atoms with Crippen LogP contribution in [0.3, 0.4) is 0 Å². The van der Waals surface area contributed by atoms with Crippen LogP contribution in [-0.4, -0.2) is 47.1 Å². The molecule has 0 aliphatic carbocycles. The Labute approximate surface area is 172 Å². The van der Waals surface area contributed by atoms with E-state index in [9.17, 15) is 14.9 Å². The van der Waals surface area contributed by atoms with Gasteiger partial charge < -0.3 is 25.0 Å². The van der Waals surface area contributed by atoms with Crippen molar-refractivity contribution in [2.75, 3.05) is 36.9 Å². The van der Waals surface area contributed by atoms with Crippen molar-refractivity contribution in [1.82, 2.24) is 4.90 Å². The first-order valence-electron chi connectivity index (χ1n) is 8.96. The normalized spacial score (nSPS) is 12.0. The minimum Gasteiger partial charge on any atom is -0.486 e. The molecule has 2 aromatic carbocycles. The molecule has 1 aliphatic rings. The Kier molecular flexibility index (Phi) is 6.45. The number of hydrogen-bond donors (Lipinski definition) is 2. The molecule has 0 aromatic heterocycles. The summed E-state index contributed by atoms with van der Waals surface area (Å²) in [6.07, 6.45) is 0. The van der Waals surface area contributed by atoms with Crippen molar-refractivity contribution in [2.45, 2.75) is 6.92 Å². The molecule has 1 amide bonds. The van der Waals surface area contributed by atoms with E-state index in [-0.39, 0.29) is 18.1 Å². The number of fused-ring (bicyclic) bond motifs is 1. The molecule has 152 valence electrons. The van der Waals surface area contributed by atoms with Crippen molar-refractivity contribution < 1.29 is 19.2 Å². The molecule has 0 atom stereocenters. The third-order valence-corrected chi connectivity index (χ3v) is 4.52. The van der Waals surface area contributed by atoms with Crippen LogP contribution in [0, 0.1) is 10.1 Å². The predicted molar refractivity (Wildman–Crippen MR) is 113 cm³/mol. The largest absolute Gasteiger partial charge is 0.486 e. The summed E-state index contributed by atoms with van der Waals surface area (Å²) in [5.74, 6) is 1.01. The Bertz CT molecular complexity index is 919.